The van der Waals surface area contributed by atoms with E-state index in [1.54, 1.807) is 12.1 Å². The van der Waals surface area contributed by atoms with Crippen LogP contribution < -0.4 is 0 Å². The van der Waals surface area contributed by atoms with Crippen LogP contribution in [0.25, 0.3) is 0 Å². The molecule has 1 amide bonds. The van der Waals surface area contributed by atoms with Crippen molar-refractivity contribution in [3.63, 3.8) is 0 Å². The topological polar surface area (TPSA) is 23.6 Å². The second-order valence-corrected chi connectivity index (χ2v) is 4.99. The Hall–Kier alpha value is -1.42. The molecule has 1 aromatic rings. The minimum Gasteiger partial charge on any atom is -0.339 e. The Kier molecular flexibility index (Phi) is 3.97. The number of nitrogens with zero attached hydrogens (tertiary/aromatic N) is 2. The summed E-state index contributed by atoms with van der Waals surface area (Å²) in [6.07, 6.45) is 2.00. The molecule has 0 radical (unpaired) electrons. The highest BCUT2D eigenvalue weighted by molar-refractivity contribution is 5.94. The van der Waals surface area contributed by atoms with E-state index in [1.807, 2.05) is 4.90 Å². The number of hydrogen-bond donors (Lipinski definition) is 0. The van der Waals surface area contributed by atoms with Gasteiger partial charge in [0.15, 0.2) is 0 Å². The van der Waals surface area contributed by atoms with Gasteiger partial charge in [0.2, 0.25) is 0 Å². The third kappa shape index (κ3) is 2.88. The van der Waals surface area contributed by atoms with Gasteiger partial charge in [-0.05, 0) is 51.2 Å². The average molecular weight is 250 g/mol. The van der Waals surface area contributed by atoms with Crippen LogP contribution in [-0.2, 0) is 0 Å². The molecule has 0 spiro atoms. The van der Waals surface area contributed by atoms with E-state index in [0.717, 1.165) is 25.9 Å². The van der Waals surface area contributed by atoms with E-state index >= 15 is 0 Å². The maximum Gasteiger partial charge on any atom is 0.253 e. The minimum absolute atomic E-state index is 0.00667. The fourth-order valence-electron chi connectivity index (χ4n) is 2.36. The standard InChI is InChI=1S/C14H19FN2O/c1-16(2)13-7-9-17(10-8-13)14(18)11-3-5-12(15)6-4-11/h3-6,13H,7-10H2,1-2H3. The number of benzene rings is 1. The highest BCUT2D eigenvalue weighted by atomic mass is 19.1. The van der Waals surface area contributed by atoms with Gasteiger partial charge < -0.3 is 9.80 Å². The van der Waals surface area contributed by atoms with Gasteiger partial charge >= 0.3 is 0 Å². The summed E-state index contributed by atoms with van der Waals surface area (Å²) in [5.74, 6) is -0.301. The number of likely N-dealkylation sites (tertiary alicyclic amines) is 1. The number of piperidine rings is 1. The molecular weight excluding hydrogens is 231 g/mol. The maximum atomic E-state index is 12.8. The summed E-state index contributed by atoms with van der Waals surface area (Å²) in [6, 6.07) is 6.33. The third-order valence-electron chi connectivity index (χ3n) is 3.57. The van der Waals surface area contributed by atoms with E-state index in [4.69, 9.17) is 0 Å². The molecule has 98 valence electrons. The van der Waals surface area contributed by atoms with Gasteiger partial charge in [-0.25, -0.2) is 4.39 Å². The quantitative estimate of drug-likeness (QED) is 0.801. The van der Waals surface area contributed by atoms with Crippen LogP contribution in [0, 0.1) is 5.82 Å². The molecule has 0 atom stereocenters. The molecule has 0 unspecified atom stereocenters. The Morgan fingerprint density at radius 1 is 1.22 bits per heavy atom. The van der Waals surface area contributed by atoms with E-state index in [1.165, 1.54) is 12.1 Å². The predicted molar refractivity (Wildman–Crippen MR) is 69.0 cm³/mol. The molecule has 0 bridgehead atoms. The SMILES string of the molecule is CN(C)C1CCN(C(=O)c2ccc(F)cc2)CC1. The van der Waals surface area contributed by atoms with Gasteiger partial charge in [-0.15, -0.1) is 0 Å². The Balaban J connectivity index is 1.97. The van der Waals surface area contributed by atoms with E-state index in [0.29, 0.717) is 11.6 Å². The van der Waals surface area contributed by atoms with Gasteiger partial charge in [-0.3, -0.25) is 4.79 Å². The minimum atomic E-state index is -0.308. The second kappa shape index (κ2) is 5.48. The molecular formula is C14H19FN2O. The zero-order valence-electron chi connectivity index (χ0n) is 10.9. The lowest BCUT2D eigenvalue weighted by Gasteiger charge is -2.35. The molecule has 0 aromatic heterocycles. The smallest absolute Gasteiger partial charge is 0.253 e. The van der Waals surface area contributed by atoms with Crippen LogP contribution in [0.15, 0.2) is 24.3 Å². The van der Waals surface area contributed by atoms with Crippen LogP contribution in [0.2, 0.25) is 0 Å². The van der Waals surface area contributed by atoms with Crippen LogP contribution in [0.3, 0.4) is 0 Å². The molecule has 0 aliphatic carbocycles. The van der Waals surface area contributed by atoms with Gasteiger partial charge in [0, 0.05) is 24.7 Å². The van der Waals surface area contributed by atoms with Crippen molar-refractivity contribution in [3.8, 4) is 0 Å². The average Bonchev–Trinajstić information content (AvgIpc) is 2.39. The van der Waals surface area contributed by atoms with Crippen molar-refractivity contribution in [2.75, 3.05) is 27.2 Å². The summed E-state index contributed by atoms with van der Waals surface area (Å²) in [4.78, 5) is 16.2. The molecule has 1 aliphatic rings. The van der Waals surface area contributed by atoms with Crippen molar-refractivity contribution < 1.29 is 9.18 Å². The lowest BCUT2D eigenvalue weighted by Crippen LogP contribution is -2.44. The number of carbonyl (C=O) groups excluding carboxylic acids is 1. The highest BCUT2D eigenvalue weighted by Gasteiger charge is 2.24. The van der Waals surface area contributed by atoms with Gasteiger partial charge in [-0.2, -0.15) is 0 Å². The van der Waals surface area contributed by atoms with Crippen LogP contribution in [0.1, 0.15) is 23.2 Å². The second-order valence-electron chi connectivity index (χ2n) is 4.99. The van der Waals surface area contributed by atoms with Crippen molar-refractivity contribution in [2.24, 2.45) is 0 Å². The summed E-state index contributed by atoms with van der Waals surface area (Å²) < 4.78 is 12.8. The Morgan fingerprint density at radius 3 is 2.28 bits per heavy atom. The number of amides is 1. The normalized spacial score (nSPS) is 17.2. The number of carbonyl (C=O) groups is 1. The van der Waals surface area contributed by atoms with Gasteiger partial charge in [0.1, 0.15) is 5.82 Å². The summed E-state index contributed by atoms with van der Waals surface area (Å²) >= 11 is 0. The fraction of sp³-hybridized carbons (Fsp3) is 0.500. The fourth-order valence-corrected chi connectivity index (χ4v) is 2.36. The zero-order chi connectivity index (χ0) is 13.1. The third-order valence-corrected chi connectivity index (χ3v) is 3.57. The Bertz CT molecular complexity index is 408. The first-order chi connectivity index (χ1) is 8.58. The van der Waals surface area contributed by atoms with E-state index in [2.05, 4.69) is 19.0 Å². The molecule has 1 fully saturated rings. The van der Waals surface area contributed by atoms with Crippen molar-refractivity contribution in [1.82, 2.24) is 9.80 Å². The largest absolute Gasteiger partial charge is 0.339 e. The lowest BCUT2D eigenvalue weighted by atomic mass is 10.0. The maximum absolute atomic E-state index is 12.8. The number of hydrogen-bond acceptors (Lipinski definition) is 2. The number of halogens is 1. The first kappa shape index (κ1) is 13.0. The molecule has 1 aliphatic heterocycles. The Labute approximate surface area is 107 Å². The van der Waals surface area contributed by atoms with Gasteiger partial charge in [0.05, 0.1) is 0 Å². The highest BCUT2D eigenvalue weighted by Crippen LogP contribution is 2.16. The van der Waals surface area contributed by atoms with Crippen molar-refractivity contribution in [1.29, 1.82) is 0 Å². The molecule has 1 heterocycles. The summed E-state index contributed by atoms with van der Waals surface area (Å²) in [5.41, 5.74) is 0.569. The first-order valence-electron chi connectivity index (χ1n) is 6.29. The summed E-state index contributed by atoms with van der Waals surface area (Å²) in [7, 11) is 4.14. The van der Waals surface area contributed by atoms with E-state index < -0.39 is 0 Å². The first-order valence-corrected chi connectivity index (χ1v) is 6.29. The van der Waals surface area contributed by atoms with Gasteiger partial charge in [-0.1, -0.05) is 0 Å². The monoisotopic (exact) mass is 250 g/mol. The summed E-state index contributed by atoms with van der Waals surface area (Å²) in [6.45, 7) is 1.55. The van der Waals surface area contributed by atoms with Crippen LogP contribution in [0.4, 0.5) is 4.39 Å². The van der Waals surface area contributed by atoms with Crippen molar-refractivity contribution >= 4 is 5.91 Å². The zero-order valence-corrected chi connectivity index (χ0v) is 10.9. The van der Waals surface area contributed by atoms with E-state index in [9.17, 15) is 9.18 Å². The lowest BCUT2D eigenvalue weighted by molar-refractivity contribution is 0.0663. The molecule has 1 saturated heterocycles. The predicted octanol–water partition coefficient (Wildman–Crippen LogP) is 1.99. The Morgan fingerprint density at radius 2 is 1.78 bits per heavy atom. The van der Waals surface area contributed by atoms with Crippen LogP contribution >= 0.6 is 0 Å². The van der Waals surface area contributed by atoms with E-state index in [-0.39, 0.29) is 11.7 Å². The van der Waals surface area contributed by atoms with Gasteiger partial charge in [0.25, 0.3) is 5.91 Å². The summed E-state index contributed by atoms with van der Waals surface area (Å²) in [5, 5.41) is 0. The molecule has 3 nitrogen and oxygen atoms in total. The van der Waals surface area contributed by atoms with Crippen molar-refractivity contribution in [3.05, 3.63) is 35.6 Å². The molecule has 18 heavy (non-hydrogen) atoms. The van der Waals surface area contributed by atoms with Crippen LogP contribution in [0.5, 0.6) is 0 Å². The molecule has 0 N–H and O–H groups in total. The molecule has 1 aromatic carbocycles. The van der Waals surface area contributed by atoms with Crippen LogP contribution in [-0.4, -0.2) is 48.9 Å². The molecule has 4 heteroatoms. The molecule has 2 rings (SSSR count). The van der Waals surface area contributed by atoms with Crippen molar-refractivity contribution in [2.45, 2.75) is 18.9 Å². The molecule has 0 saturated carbocycles. The number of rotatable bonds is 2.